The van der Waals surface area contributed by atoms with Crippen molar-refractivity contribution in [1.29, 1.82) is 5.26 Å². The van der Waals surface area contributed by atoms with Crippen LogP contribution in [0.5, 0.6) is 0 Å². The van der Waals surface area contributed by atoms with Gasteiger partial charge in [0.2, 0.25) is 0 Å². The predicted octanol–water partition coefficient (Wildman–Crippen LogP) is 0.798. The minimum absolute atomic E-state index is 0.130. The Labute approximate surface area is 91.8 Å². The molecule has 0 atom stereocenters. The summed E-state index contributed by atoms with van der Waals surface area (Å²) in [5.41, 5.74) is -0.924. The van der Waals surface area contributed by atoms with E-state index in [1.54, 1.807) is 0 Å². The molecule has 0 bridgehead atoms. The van der Waals surface area contributed by atoms with Gasteiger partial charge in [-0.2, -0.15) is 5.26 Å². The Bertz CT molecular complexity index is 366. The lowest BCUT2D eigenvalue weighted by molar-refractivity contribution is 0.0485. The number of sulfone groups is 1. The van der Waals surface area contributed by atoms with Crippen LogP contribution in [0.3, 0.4) is 0 Å². The van der Waals surface area contributed by atoms with Gasteiger partial charge in [0.1, 0.15) is 0 Å². The van der Waals surface area contributed by atoms with Gasteiger partial charge in [0, 0.05) is 11.1 Å². The molecule has 1 aliphatic rings. The van der Waals surface area contributed by atoms with Crippen LogP contribution in [0.15, 0.2) is 0 Å². The van der Waals surface area contributed by atoms with Crippen molar-refractivity contribution >= 4 is 9.84 Å². The van der Waals surface area contributed by atoms with Gasteiger partial charge in [0.25, 0.3) is 0 Å². The van der Waals surface area contributed by atoms with Crippen LogP contribution in [0.4, 0.5) is 0 Å². The van der Waals surface area contributed by atoms with E-state index in [1.165, 1.54) is 0 Å². The zero-order chi connectivity index (χ0) is 11.9. The lowest BCUT2D eigenvalue weighted by Crippen LogP contribution is -2.65. The third-order valence-electron chi connectivity index (χ3n) is 2.84. The van der Waals surface area contributed by atoms with Crippen LogP contribution >= 0.6 is 0 Å². The highest BCUT2D eigenvalue weighted by Gasteiger charge is 2.47. The molecule has 0 unspecified atom stereocenters. The van der Waals surface area contributed by atoms with Crippen LogP contribution in [-0.4, -0.2) is 42.4 Å². The fourth-order valence-corrected chi connectivity index (χ4v) is 5.17. The smallest absolute Gasteiger partial charge is 0.153 e. The third kappa shape index (κ3) is 2.50. The maximum absolute atomic E-state index is 11.7. The quantitative estimate of drug-likeness (QED) is 0.625. The summed E-state index contributed by atoms with van der Waals surface area (Å²) in [6.45, 7) is 7.78. The minimum Gasteiger partial charge on any atom is -0.278 e. The molecule has 1 heterocycles. The summed E-state index contributed by atoms with van der Waals surface area (Å²) in [7, 11) is -3.00. The first-order chi connectivity index (χ1) is 6.61. The molecule has 0 radical (unpaired) electrons. The summed E-state index contributed by atoms with van der Waals surface area (Å²) in [4.78, 5) is 1.97. The topological polar surface area (TPSA) is 61.2 Å². The van der Waals surface area contributed by atoms with Gasteiger partial charge in [0.15, 0.2) is 9.84 Å². The Morgan fingerprint density at radius 1 is 1.20 bits per heavy atom. The standard InChI is InChI=1S/C10H18N2O2S/c1-9(2)7-15(13,14)8-10(3,4)12(9)6-5-11/h6-8H2,1-4H3. The summed E-state index contributed by atoms with van der Waals surface area (Å²) in [6.07, 6.45) is 0. The van der Waals surface area contributed by atoms with Crippen molar-refractivity contribution in [2.24, 2.45) is 0 Å². The van der Waals surface area contributed by atoms with E-state index in [-0.39, 0.29) is 18.1 Å². The molecule has 86 valence electrons. The van der Waals surface area contributed by atoms with Gasteiger partial charge in [0.05, 0.1) is 24.1 Å². The highest BCUT2D eigenvalue weighted by atomic mass is 32.2. The van der Waals surface area contributed by atoms with Gasteiger partial charge in [-0.05, 0) is 27.7 Å². The van der Waals surface area contributed by atoms with E-state index in [0.717, 1.165) is 0 Å². The monoisotopic (exact) mass is 230 g/mol. The fourth-order valence-electron chi connectivity index (χ4n) is 2.60. The van der Waals surface area contributed by atoms with Crippen molar-refractivity contribution < 1.29 is 8.42 Å². The average Bonchev–Trinajstić information content (AvgIpc) is 1.92. The molecular formula is C10H18N2O2S. The van der Waals surface area contributed by atoms with Crippen LogP contribution < -0.4 is 0 Å². The molecule has 15 heavy (non-hydrogen) atoms. The first kappa shape index (κ1) is 12.5. The van der Waals surface area contributed by atoms with E-state index in [4.69, 9.17) is 5.26 Å². The van der Waals surface area contributed by atoms with Crippen molar-refractivity contribution in [3.8, 4) is 6.07 Å². The molecule has 0 aliphatic carbocycles. The molecule has 0 aromatic heterocycles. The maximum atomic E-state index is 11.7. The highest BCUT2D eigenvalue weighted by molar-refractivity contribution is 7.91. The number of hydrogen-bond donors (Lipinski definition) is 0. The zero-order valence-corrected chi connectivity index (χ0v) is 10.6. The molecule has 1 saturated heterocycles. The van der Waals surface area contributed by atoms with Gasteiger partial charge in [-0.25, -0.2) is 8.42 Å². The Morgan fingerprint density at radius 3 is 1.93 bits per heavy atom. The summed E-state index contributed by atoms with van der Waals surface area (Å²) in [6, 6.07) is 2.11. The fraction of sp³-hybridized carbons (Fsp3) is 0.900. The maximum Gasteiger partial charge on any atom is 0.153 e. The van der Waals surface area contributed by atoms with Crippen LogP contribution in [0.1, 0.15) is 27.7 Å². The second-order valence-electron chi connectivity index (χ2n) is 5.40. The SMILES string of the molecule is CC1(C)CS(=O)(=O)CC(C)(C)N1CC#N. The molecule has 1 aliphatic heterocycles. The van der Waals surface area contributed by atoms with Crippen molar-refractivity contribution in [1.82, 2.24) is 4.90 Å². The number of nitrogens with zero attached hydrogens (tertiary/aromatic N) is 2. The lowest BCUT2D eigenvalue weighted by atomic mass is 9.95. The summed E-state index contributed by atoms with van der Waals surface area (Å²) < 4.78 is 23.4. The molecule has 4 nitrogen and oxygen atoms in total. The Balaban J connectivity index is 3.13. The second-order valence-corrected chi connectivity index (χ2v) is 7.47. The first-order valence-electron chi connectivity index (χ1n) is 4.96. The van der Waals surface area contributed by atoms with Gasteiger partial charge in [-0.1, -0.05) is 0 Å². The average molecular weight is 230 g/mol. The summed E-state index contributed by atoms with van der Waals surface area (Å²) in [5, 5.41) is 8.77. The van der Waals surface area contributed by atoms with Gasteiger partial charge < -0.3 is 0 Å². The van der Waals surface area contributed by atoms with E-state index in [0.29, 0.717) is 0 Å². The number of hydrogen-bond acceptors (Lipinski definition) is 4. The largest absolute Gasteiger partial charge is 0.278 e. The lowest BCUT2D eigenvalue weighted by Gasteiger charge is -2.51. The van der Waals surface area contributed by atoms with Crippen molar-refractivity contribution in [3.63, 3.8) is 0 Å². The van der Waals surface area contributed by atoms with E-state index in [9.17, 15) is 8.42 Å². The molecular weight excluding hydrogens is 212 g/mol. The molecule has 1 rings (SSSR count). The molecule has 0 aromatic rings. The van der Waals surface area contributed by atoms with Crippen LogP contribution in [0.25, 0.3) is 0 Å². The minimum atomic E-state index is -3.00. The van der Waals surface area contributed by atoms with Crippen LogP contribution in [0.2, 0.25) is 0 Å². The van der Waals surface area contributed by atoms with Crippen molar-refractivity contribution in [3.05, 3.63) is 0 Å². The Hall–Kier alpha value is -0.600. The van der Waals surface area contributed by atoms with E-state index in [1.807, 2.05) is 32.6 Å². The second kappa shape index (κ2) is 3.46. The summed E-state index contributed by atoms with van der Waals surface area (Å²) >= 11 is 0. The normalized spacial score (nSPS) is 28.2. The van der Waals surface area contributed by atoms with Gasteiger partial charge in [-0.3, -0.25) is 4.90 Å². The molecule has 0 amide bonds. The Kier molecular flexibility index (Phi) is 2.88. The predicted molar refractivity (Wildman–Crippen MR) is 59.1 cm³/mol. The van der Waals surface area contributed by atoms with Crippen molar-refractivity contribution in [2.45, 2.75) is 38.8 Å². The van der Waals surface area contributed by atoms with Crippen molar-refractivity contribution in [2.75, 3.05) is 18.1 Å². The summed E-state index contributed by atoms with van der Waals surface area (Å²) in [5.74, 6) is 0.260. The number of rotatable bonds is 1. The van der Waals surface area contributed by atoms with E-state index < -0.39 is 20.9 Å². The first-order valence-corrected chi connectivity index (χ1v) is 6.78. The number of nitriles is 1. The molecule has 1 fully saturated rings. The van der Waals surface area contributed by atoms with E-state index >= 15 is 0 Å². The molecule has 0 aromatic carbocycles. The molecule has 0 spiro atoms. The van der Waals surface area contributed by atoms with Gasteiger partial charge in [-0.15, -0.1) is 0 Å². The van der Waals surface area contributed by atoms with Crippen LogP contribution in [-0.2, 0) is 9.84 Å². The Morgan fingerprint density at radius 2 is 1.60 bits per heavy atom. The molecule has 5 heteroatoms. The third-order valence-corrected chi connectivity index (χ3v) is 5.13. The van der Waals surface area contributed by atoms with Crippen LogP contribution in [0, 0.1) is 11.3 Å². The highest BCUT2D eigenvalue weighted by Crippen LogP contribution is 2.32. The van der Waals surface area contributed by atoms with Gasteiger partial charge >= 0.3 is 0 Å². The molecule has 0 N–H and O–H groups in total. The zero-order valence-electron chi connectivity index (χ0n) is 9.74. The molecule has 0 saturated carbocycles. The van der Waals surface area contributed by atoms with E-state index in [2.05, 4.69) is 6.07 Å².